The molecule has 0 spiro atoms. The van der Waals surface area contributed by atoms with E-state index in [0.717, 1.165) is 51.0 Å². The fraction of sp³-hybridized carbons (Fsp3) is 0.667. The molecule has 1 aromatic rings. The molecule has 158 valence electrons. The van der Waals surface area contributed by atoms with E-state index >= 15 is 0 Å². The lowest BCUT2D eigenvalue weighted by atomic mass is 9.65. The van der Waals surface area contributed by atoms with E-state index in [-0.39, 0.29) is 5.91 Å². The minimum absolute atomic E-state index is 0.289. The van der Waals surface area contributed by atoms with Gasteiger partial charge in [-0.15, -0.1) is 0 Å². The Morgan fingerprint density at radius 3 is 2.66 bits per heavy atom. The summed E-state index contributed by atoms with van der Waals surface area (Å²) in [5.74, 6) is 2.50. The molecule has 1 aromatic carbocycles. The van der Waals surface area contributed by atoms with Gasteiger partial charge in [0.05, 0.1) is 0 Å². The van der Waals surface area contributed by atoms with Crippen LogP contribution in [0.5, 0.6) is 0 Å². The summed E-state index contributed by atoms with van der Waals surface area (Å²) in [4.78, 5) is 19.4. The van der Waals surface area contributed by atoms with Gasteiger partial charge in [-0.05, 0) is 55.9 Å². The van der Waals surface area contributed by atoms with Crippen LogP contribution in [0.15, 0.2) is 35.3 Å². The highest BCUT2D eigenvalue weighted by atomic mass is 16.2. The van der Waals surface area contributed by atoms with Crippen LogP contribution in [-0.2, 0) is 11.2 Å². The highest BCUT2D eigenvalue weighted by Gasteiger charge is 2.48. The second-order valence-electron chi connectivity index (χ2n) is 9.21. The number of carbonyl (C=O) groups excluding carboxylic acids is 1. The molecular formula is C24H36N4O. The van der Waals surface area contributed by atoms with Crippen molar-refractivity contribution in [2.24, 2.45) is 22.2 Å². The molecule has 3 fully saturated rings. The Morgan fingerprint density at radius 2 is 2.00 bits per heavy atom. The first-order valence-electron chi connectivity index (χ1n) is 11.5. The molecule has 1 unspecified atom stereocenters. The van der Waals surface area contributed by atoms with Gasteiger partial charge in [0.25, 0.3) is 0 Å². The Kier molecular flexibility index (Phi) is 6.41. The molecule has 2 saturated carbocycles. The summed E-state index contributed by atoms with van der Waals surface area (Å²) >= 11 is 0. The maximum atomic E-state index is 12.4. The molecule has 5 heteroatoms. The molecule has 1 amide bonds. The number of nitrogens with zero attached hydrogens (tertiary/aromatic N) is 2. The standard InChI is InChI=1S/C24H36N4O/c1-2-25-23(27-18-24(12-6-13-24)21-9-10-21)26-16-20-15-22(29)28(17-20)14-11-19-7-4-3-5-8-19/h3-5,7-8,20-21H,2,6,9-18H2,1H3,(H2,25,26,27). The molecule has 0 aromatic heterocycles. The number of nitrogens with one attached hydrogen (secondary N) is 2. The Morgan fingerprint density at radius 1 is 1.21 bits per heavy atom. The van der Waals surface area contributed by atoms with Crippen molar-refractivity contribution in [3.8, 4) is 0 Å². The number of hydrogen-bond donors (Lipinski definition) is 2. The third kappa shape index (κ3) is 5.12. The van der Waals surface area contributed by atoms with Gasteiger partial charge in [0.1, 0.15) is 0 Å². The van der Waals surface area contributed by atoms with Crippen molar-refractivity contribution in [2.75, 3.05) is 32.7 Å². The lowest BCUT2D eigenvalue weighted by Gasteiger charge is -2.41. The van der Waals surface area contributed by atoms with E-state index in [2.05, 4.69) is 41.8 Å². The summed E-state index contributed by atoms with van der Waals surface area (Å²) in [5.41, 5.74) is 1.80. The zero-order valence-corrected chi connectivity index (χ0v) is 17.8. The number of rotatable bonds is 9. The van der Waals surface area contributed by atoms with Crippen LogP contribution in [0.25, 0.3) is 0 Å². The van der Waals surface area contributed by atoms with Crippen LogP contribution in [0, 0.1) is 17.3 Å². The quantitative estimate of drug-likeness (QED) is 0.498. The molecule has 2 N–H and O–H groups in total. The average Bonchev–Trinajstić information content (AvgIpc) is 3.48. The molecule has 1 saturated heterocycles. The second-order valence-corrected chi connectivity index (χ2v) is 9.21. The van der Waals surface area contributed by atoms with E-state index in [4.69, 9.17) is 4.99 Å². The summed E-state index contributed by atoms with van der Waals surface area (Å²) in [6.07, 6.45) is 8.47. The maximum Gasteiger partial charge on any atom is 0.223 e. The first kappa shape index (κ1) is 20.2. The Labute approximate surface area is 175 Å². The van der Waals surface area contributed by atoms with Crippen LogP contribution in [-0.4, -0.2) is 49.5 Å². The molecule has 2 aliphatic carbocycles. The van der Waals surface area contributed by atoms with Crippen molar-refractivity contribution >= 4 is 11.9 Å². The summed E-state index contributed by atoms with van der Waals surface area (Å²) in [6, 6.07) is 10.4. The zero-order valence-electron chi connectivity index (χ0n) is 17.8. The number of benzene rings is 1. The predicted octanol–water partition coefficient (Wildman–Crippen LogP) is 3.21. The number of guanidine groups is 1. The van der Waals surface area contributed by atoms with Crippen LogP contribution in [0.1, 0.15) is 51.0 Å². The van der Waals surface area contributed by atoms with E-state index in [1.165, 1.54) is 37.7 Å². The van der Waals surface area contributed by atoms with Gasteiger partial charge in [-0.2, -0.15) is 0 Å². The van der Waals surface area contributed by atoms with Gasteiger partial charge in [0.15, 0.2) is 5.96 Å². The van der Waals surface area contributed by atoms with Gasteiger partial charge in [-0.3, -0.25) is 9.79 Å². The Balaban J connectivity index is 1.24. The number of likely N-dealkylation sites (tertiary alicyclic amines) is 1. The van der Waals surface area contributed by atoms with E-state index in [9.17, 15) is 4.79 Å². The van der Waals surface area contributed by atoms with Gasteiger partial charge in [-0.1, -0.05) is 36.8 Å². The molecule has 4 rings (SSSR count). The number of aliphatic imine (C=N–C) groups is 1. The summed E-state index contributed by atoms with van der Waals surface area (Å²) < 4.78 is 0. The molecule has 1 aliphatic heterocycles. The molecule has 0 radical (unpaired) electrons. The molecule has 1 heterocycles. The molecule has 29 heavy (non-hydrogen) atoms. The van der Waals surface area contributed by atoms with Crippen molar-refractivity contribution in [1.29, 1.82) is 0 Å². The van der Waals surface area contributed by atoms with Crippen molar-refractivity contribution in [3.05, 3.63) is 35.9 Å². The SMILES string of the molecule is CCNC(=NCC1(C2CC2)CCC1)NCC1CC(=O)N(CCc2ccccc2)C1. The van der Waals surface area contributed by atoms with E-state index in [1.807, 2.05) is 11.0 Å². The second kappa shape index (κ2) is 9.19. The third-order valence-corrected chi connectivity index (χ3v) is 7.05. The highest BCUT2D eigenvalue weighted by molar-refractivity contribution is 5.81. The van der Waals surface area contributed by atoms with Crippen molar-refractivity contribution in [3.63, 3.8) is 0 Å². The van der Waals surface area contributed by atoms with E-state index < -0.39 is 0 Å². The normalized spacial score (nSPS) is 23.8. The molecule has 5 nitrogen and oxygen atoms in total. The lowest BCUT2D eigenvalue weighted by molar-refractivity contribution is -0.127. The smallest absolute Gasteiger partial charge is 0.223 e. The van der Waals surface area contributed by atoms with Gasteiger partial charge in [0, 0.05) is 45.1 Å². The summed E-state index contributed by atoms with van der Waals surface area (Å²) in [6.45, 7) is 6.42. The predicted molar refractivity (Wildman–Crippen MR) is 118 cm³/mol. The van der Waals surface area contributed by atoms with Crippen LogP contribution in [0.2, 0.25) is 0 Å². The van der Waals surface area contributed by atoms with Crippen molar-refractivity contribution in [2.45, 2.75) is 51.9 Å². The van der Waals surface area contributed by atoms with E-state index in [0.29, 0.717) is 17.8 Å². The van der Waals surface area contributed by atoms with E-state index in [1.54, 1.807) is 0 Å². The van der Waals surface area contributed by atoms with Crippen LogP contribution < -0.4 is 10.6 Å². The minimum Gasteiger partial charge on any atom is -0.357 e. The monoisotopic (exact) mass is 396 g/mol. The number of carbonyl (C=O) groups is 1. The number of amides is 1. The topological polar surface area (TPSA) is 56.7 Å². The Hall–Kier alpha value is -2.04. The van der Waals surface area contributed by atoms with Crippen molar-refractivity contribution < 1.29 is 4.79 Å². The number of hydrogen-bond acceptors (Lipinski definition) is 2. The highest BCUT2D eigenvalue weighted by Crippen LogP contribution is 2.57. The maximum absolute atomic E-state index is 12.4. The largest absolute Gasteiger partial charge is 0.357 e. The molecule has 3 aliphatic rings. The van der Waals surface area contributed by atoms with Gasteiger partial charge in [0.2, 0.25) is 5.91 Å². The summed E-state index contributed by atoms with van der Waals surface area (Å²) in [5, 5.41) is 6.91. The first-order chi connectivity index (χ1) is 14.2. The fourth-order valence-electron chi connectivity index (χ4n) is 4.96. The van der Waals surface area contributed by atoms with Gasteiger partial charge < -0.3 is 15.5 Å². The fourth-order valence-corrected chi connectivity index (χ4v) is 4.96. The van der Waals surface area contributed by atoms with Crippen molar-refractivity contribution in [1.82, 2.24) is 15.5 Å². The average molecular weight is 397 g/mol. The van der Waals surface area contributed by atoms with Crippen LogP contribution in [0.4, 0.5) is 0 Å². The van der Waals surface area contributed by atoms with Crippen LogP contribution in [0.3, 0.4) is 0 Å². The van der Waals surface area contributed by atoms with Gasteiger partial charge >= 0.3 is 0 Å². The first-order valence-corrected chi connectivity index (χ1v) is 11.5. The minimum atomic E-state index is 0.289. The molecule has 1 atom stereocenters. The summed E-state index contributed by atoms with van der Waals surface area (Å²) in [7, 11) is 0. The lowest BCUT2D eigenvalue weighted by Crippen LogP contribution is -2.42. The zero-order chi connectivity index (χ0) is 20.1. The molecular weight excluding hydrogens is 360 g/mol. The Bertz CT molecular complexity index is 709. The van der Waals surface area contributed by atoms with Crippen LogP contribution >= 0.6 is 0 Å². The third-order valence-electron chi connectivity index (χ3n) is 7.05. The van der Waals surface area contributed by atoms with Gasteiger partial charge in [-0.25, -0.2) is 0 Å². The molecule has 0 bridgehead atoms.